The number of rotatable bonds is 3. The van der Waals surface area contributed by atoms with Crippen LogP contribution in [-0.4, -0.2) is 4.98 Å². The van der Waals surface area contributed by atoms with E-state index in [0.717, 1.165) is 0 Å². The molecule has 0 saturated heterocycles. The fourth-order valence-electron chi connectivity index (χ4n) is 0.981. The van der Waals surface area contributed by atoms with E-state index in [2.05, 4.69) is 4.98 Å². The van der Waals surface area contributed by atoms with Gasteiger partial charge < -0.3 is 0 Å². The molecule has 0 saturated carbocycles. The van der Waals surface area contributed by atoms with Crippen LogP contribution in [-0.2, 0) is 20.0 Å². The van der Waals surface area contributed by atoms with Crippen molar-refractivity contribution in [3.8, 4) is 0 Å². The smallest absolute Gasteiger partial charge is 0.116 e. The molecular formula is C8H8F3N. The first kappa shape index (κ1) is 9.03. The van der Waals surface area contributed by atoms with Crippen LogP contribution in [0.1, 0.15) is 16.7 Å². The molecule has 1 aromatic heterocycles. The summed E-state index contributed by atoms with van der Waals surface area (Å²) in [7, 11) is 0. The Morgan fingerprint density at radius 3 is 1.75 bits per heavy atom. The summed E-state index contributed by atoms with van der Waals surface area (Å²) in [6.07, 6.45) is 2.43. The summed E-state index contributed by atoms with van der Waals surface area (Å²) < 4.78 is 36.6. The molecule has 0 unspecified atom stereocenters. The molecule has 66 valence electrons. The summed E-state index contributed by atoms with van der Waals surface area (Å²) in [6.45, 7) is -2.46. The summed E-state index contributed by atoms with van der Waals surface area (Å²) in [6, 6.07) is 0. The van der Waals surface area contributed by atoms with Gasteiger partial charge in [-0.1, -0.05) is 0 Å². The van der Waals surface area contributed by atoms with Crippen LogP contribution in [0.5, 0.6) is 0 Å². The molecule has 0 aliphatic heterocycles. The van der Waals surface area contributed by atoms with Gasteiger partial charge >= 0.3 is 0 Å². The third-order valence-electron chi connectivity index (χ3n) is 1.66. The van der Waals surface area contributed by atoms with Gasteiger partial charge in [0.05, 0.1) is 0 Å². The Bertz CT molecular complexity index is 240. The molecular weight excluding hydrogens is 167 g/mol. The van der Waals surface area contributed by atoms with Crippen LogP contribution in [0.15, 0.2) is 12.4 Å². The van der Waals surface area contributed by atoms with Crippen LogP contribution in [0.2, 0.25) is 0 Å². The highest BCUT2D eigenvalue weighted by Crippen LogP contribution is 2.16. The van der Waals surface area contributed by atoms with Gasteiger partial charge in [0.2, 0.25) is 0 Å². The van der Waals surface area contributed by atoms with E-state index in [9.17, 15) is 13.2 Å². The normalized spacial score (nSPS) is 10.2. The summed E-state index contributed by atoms with van der Waals surface area (Å²) in [5.74, 6) is 0. The Hall–Kier alpha value is -1.06. The van der Waals surface area contributed by atoms with Gasteiger partial charge in [0.1, 0.15) is 20.0 Å². The lowest BCUT2D eigenvalue weighted by atomic mass is 10.1. The van der Waals surface area contributed by atoms with Crippen molar-refractivity contribution >= 4 is 0 Å². The number of halogens is 3. The van der Waals surface area contributed by atoms with Gasteiger partial charge in [0.15, 0.2) is 0 Å². The first-order valence-electron chi connectivity index (χ1n) is 3.46. The quantitative estimate of drug-likeness (QED) is 0.687. The van der Waals surface area contributed by atoms with Crippen molar-refractivity contribution in [2.75, 3.05) is 0 Å². The maximum atomic E-state index is 12.3. The second-order valence-corrected chi connectivity index (χ2v) is 2.34. The van der Waals surface area contributed by atoms with Crippen LogP contribution in [0.4, 0.5) is 13.2 Å². The number of hydrogen-bond acceptors (Lipinski definition) is 1. The second-order valence-electron chi connectivity index (χ2n) is 2.34. The molecule has 0 spiro atoms. The summed E-state index contributed by atoms with van der Waals surface area (Å²) in [5, 5.41) is 0. The minimum Gasteiger partial charge on any atom is -0.264 e. The molecule has 0 bridgehead atoms. The Morgan fingerprint density at radius 1 is 0.917 bits per heavy atom. The van der Waals surface area contributed by atoms with Gasteiger partial charge in [0, 0.05) is 23.5 Å². The first-order valence-corrected chi connectivity index (χ1v) is 3.46. The van der Waals surface area contributed by atoms with Gasteiger partial charge in [-0.05, 0) is 5.56 Å². The molecule has 0 aliphatic carbocycles. The van der Waals surface area contributed by atoms with E-state index in [1.54, 1.807) is 0 Å². The summed E-state index contributed by atoms with van der Waals surface area (Å²) >= 11 is 0. The molecule has 4 heteroatoms. The fourth-order valence-corrected chi connectivity index (χ4v) is 0.981. The number of aromatic nitrogens is 1. The van der Waals surface area contributed by atoms with Gasteiger partial charge in [0.25, 0.3) is 0 Å². The minimum atomic E-state index is -0.846. The van der Waals surface area contributed by atoms with Crippen molar-refractivity contribution in [3.63, 3.8) is 0 Å². The van der Waals surface area contributed by atoms with Crippen LogP contribution < -0.4 is 0 Å². The van der Waals surface area contributed by atoms with Crippen molar-refractivity contribution in [2.24, 2.45) is 0 Å². The molecule has 0 aromatic carbocycles. The predicted octanol–water partition coefficient (Wildman–Crippen LogP) is 2.49. The van der Waals surface area contributed by atoms with Gasteiger partial charge in [-0.15, -0.1) is 0 Å². The molecule has 1 nitrogen and oxygen atoms in total. The molecule has 0 atom stereocenters. The Morgan fingerprint density at radius 2 is 1.42 bits per heavy atom. The SMILES string of the molecule is FCc1cncc(CF)c1CF. The zero-order chi connectivity index (χ0) is 8.97. The van der Waals surface area contributed by atoms with E-state index in [4.69, 9.17) is 0 Å². The predicted molar refractivity (Wildman–Crippen MR) is 38.7 cm³/mol. The third kappa shape index (κ3) is 1.57. The molecule has 12 heavy (non-hydrogen) atoms. The van der Waals surface area contributed by atoms with E-state index in [1.165, 1.54) is 12.4 Å². The van der Waals surface area contributed by atoms with E-state index in [1.807, 2.05) is 0 Å². The molecule has 1 rings (SSSR count). The molecule has 0 radical (unpaired) electrons. The number of nitrogens with zero attached hydrogens (tertiary/aromatic N) is 1. The Kier molecular flexibility index (Phi) is 3.08. The molecule has 1 aromatic rings. The number of pyridine rings is 1. The zero-order valence-corrected chi connectivity index (χ0v) is 6.36. The minimum absolute atomic E-state index is 0.0926. The average molecular weight is 175 g/mol. The maximum absolute atomic E-state index is 12.3. The van der Waals surface area contributed by atoms with E-state index in [0.29, 0.717) is 0 Å². The topological polar surface area (TPSA) is 12.9 Å². The lowest BCUT2D eigenvalue weighted by Crippen LogP contribution is -1.97. The molecule has 1 heterocycles. The Balaban J connectivity index is 3.13. The van der Waals surface area contributed by atoms with E-state index >= 15 is 0 Å². The number of alkyl halides is 3. The van der Waals surface area contributed by atoms with Crippen molar-refractivity contribution in [1.29, 1.82) is 0 Å². The summed E-state index contributed by atoms with van der Waals surface area (Å²) in [5.41, 5.74) is 0.357. The maximum Gasteiger partial charge on any atom is 0.116 e. The van der Waals surface area contributed by atoms with Crippen LogP contribution >= 0.6 is 0 Å². The average Bonchev–Trinajstić information content (AvgIpc) is 2.16. The van der Waals surface area contributed by atoms with Gasteiger partial charge in [-0.25, -0.2) is 13.2 Å². The van der Waals surface area contributed by atoms with Crippen LogP contribution in [0.25, 0.3) is 0 Å². The largest absolute Gasteiger partial charge is 0.264 e. The molecule has 0 N–H and O–H groups in total. The highest BCUT2D eigenvalue weighted by Gasteiger charge is 2.07. The first-order chi connectivity index (χ1) is 5.83. The lowest BCUT2D eigenvalue weighted by molar-refractivity contribution is 0.435. The highest BCUT2D eigenvalue weighted by molar-refractivity contribution is 5.30. The van der Waals surface area contributed by atoms with E-state index < -0.39 is 20.0 Å². The Labute approximate surface area is 68.2 Å². The van der Waals surface area contributed by atoms with Crippen molar-refractivity contribution in [3.05, 3.63) is 29.1 Å². The molecule has 0 amide bonds. The number of hydrogen-bond donors (Lipinski definition) is 0. The van der Waals surface area contributed by atoms with Crippen molar-refractivity contribution in [2.45, 2.75) is 20.0 Å². The van der Waals surface area contributed by atoms with Gasteiger partial charge in [-0.3, -0.25) is 4.98 Å². The molecule has 0 aliphatic rings. The zero-order valence-electron chi connectivity index (χ0n) is 6.36. The van der Waals surface area contributed by atoms with Crippen molar-refractivity contribution < 1.29 is 13.2 Å². The fraction of sp³-hybridized carbons (Fsp3) is 0.375. The third-order valence-corrected chi connectivity index (χ3v) is 1.66. The highest BCUT2D eigenvalue weighted by atomic mass is 19.1. The summed E-state index contributed by atoms with van der Waals surface area (Å²) in [4.78, 5) is 3.59. The standard InChI is InChI=1S/C8H8F3N/c9-1-6-4-12-5-7(2-10)8(6)3-11/h4-5H,1-3H2. The van der Waals surface area contributed by atoms with Crippen LogP contribution in [0, 0.1) is 0 Å². The molecule has 0 fully saturated rings. The second kappa shape index (κ2) is 4.09. The van der Waals surface area contributed by atoms with Gasteiger partial charge in [-0.2, -0.15) is 0 Å². The van der Waals surface area contributed by atoms with E-state index in [-0.39, 0.29) is 16.7 Å². The lowest BCUT2D eigenvalue weighted by Gasteiger charge is -2.05. The van der Waals surface area contributed by atoms with Crippen LogP contribution in [0.3, 0.4) is 0 Å². The van der Waals surface area contributed by atoms with Crippen molar-refractivity contribution in [1.82, 2.24) is 4.98 Å². The monoisotopic (exact) mass is 175 g/mol.